The van der Waals surface area contributed by atoms with E-state index in [0.29, 0.717) is 11.4 Å². The molecule has 7 heteroatoms. The van der Waals surface area contributed by atoms with E-state index in [4.69, 9.17) is 5.26 Å². The quantitative estimate of drug-likeness (QED) is 0.917. The molecule has 3 heterocycles. The Morgan fingerprint density at radius 1 is 1.43 bits per heavy atom. The minimum absolute atomic E-state index is 0.0777. The molecule has 1 N–H and O–H groups in total. The average Bonchev–Trinajstić information content (AvgIpc) is 3.02. The third-order valence-corrected chi connectivity index (χ3v) is 3.92. The summed E-state index contributed by atoms with van der Waals surface area (Å²) in [7, 11) is 1.84. The number of nitrogens with zero attached hydrogens (tertiary/aromatic N) is 5. The van der Waals surface area contributed by atoms with Gasteiger partial charge in [-0.1, -0.05) is 0 Å². The van der Waals surface area contributed by atoms with Crippen molar-refractivity contribution in [2.45, 2.75) is 18.9 Å². The van der Waals surface area contributed by atoms with Gasteiger partial charge >= 0.3 is 0 Å². The number of piperidine rings is 1. The summed E-state index contributed by atoms with van der Waals surface area (Å²) in [5.74, 6) is -0.143. The van der Waals surface area contributed by atoms with Crippen LogP contribution < -0.4 is 10.2 Å². The van der Waals surface area contributed by atoms with Gasteiger partial charge in [0.15, 0.2) is 0 Å². The van der Waals surface area contributed by atoms with E-state index in [1.54, 1.807) is 29.4 Å². The standard InChI is InChI=1S/C16H18N6O/c1-21-10-15(19-11-21)16(23)20-13-3-2-6-22(9-13)14-5-4-12(7-17)18-8-14/h4-5,8,10-11,13H,2-3,6,9H2,1H3,(H,20,23). The van der Waals surface area contributed by atoms with Crippen LogP contribution in [0.2, 0.25) is 0 Å². The maximum atomic E-state index is 12.2. The molecule has 0 saturated carbocycles. The summed E-state index contributed by atoms with van der Waals surface area (Å²) in [5, 5.41) is 11.9. The van der Waals surface area contributed by atoms with Crippen LogP contribution >= 0.6 is 0 Å². The van der Waals surface area contributed by atoms with Gasteiger partial charge in [0, 0.05) is 32.4 Å². The zero-order valence-electron chi connectivity index (χ0n) is 12.9. The molecule has 0 radical (unpaired) electrons. The number of carbonyl (C=O) groups is 1. The predicted molar refractivity (Wildman–Crippen MR) is 84.9 cm³/mol. The van der Waals surface area contributed by atoms with Crippen molar-refractivity contribution in [2.75, 3.05) is 18.0 Å². The Hall–Kier alpha value is -2.88. The van der Waals surface area contributed by atoms with Crippen LogP contribution in [0, 0.1) is 11.3 Å². The van der Waals surface area contributed by atoms with E-state index in [-0.39, 0.29) is 11.9 Å². The van der Waals surface area contributed by atoms with Crippen LogP contribution in [0.3, 0.4) is 0 Å². The van der Waals surface area contributed by atoms with Gasteiger partial charge in [0.1, 0.15) is 17.5 Å². The first-order valence-electron chi connectivity index (χ1n) is 7.55. The monoisotopic (exact) mass is 310 g/mol. The van der Waals surface area contributed by atoms with Gasteiger partial charge in [0.2, 0.25) is 0 Å². The van der Waals surface area contributed by atoms with Crippen molar-refractivity contribution < 1.29 is 4.79 Å². The van der Waals surface area contributed by atoms with Gasteiger partial charge in [-0.25, -0.2) is 9.97 Å². The van der Waals surface area contributed by atoms with Crippen LogP contribution in [-0.2, 0) is 7.05 Å². The number of hydrogen-bond donors (Lipinski definition) is 1. The van der Waals surface area contributed by atoms with Crippen molar-refractivity contribution in [3.8, 4) is 6.07 Å². The number of aromatic nitrogens is 3. The second-order valence-electron chi connectivity index (χ2n) is 5.70. The molecule has 1 atom stereocenters. The maximum absolute atomic E-state index is 12.2. The largest absolute Gasteiger partial charge is 0.368 e. The molecule has 0 spiro atoms. The topological polar surface area (TPSA) is 86.8 Å². The Morgan fingerprint density at radius 3 is 2.96 bits per heavy atom. The molecule has 7 nitrogen and oxygen atoms in total. The molecular weight excluding hydrogens is 292 g/mol. The summed E-state index contributed by atoms with van der Waals surface area (Å²) in [6.45, 7) is 1.65. The first-order valence-corrected chi connectivity index (χ1v) is 7.55. The highest BCUT2D eigenvalue weighted by molar-refractivity contribution is 5.92. The van der Waals surface area contributed by atoms with Crippen LogP contribution in [0.4, 0.5) is 5.69 Å². The van der Waals surface area contributed by atoms with E-state index in [1.165, 1.54) is 0 Å². The molecule has 1 aliphatic heterocycles. The lowest BCUT2D eigenvalue weighted by Gasteiger charge is -2.34. The number of imidazole rings is 1. The fourth-order valence-electron chi connectivity index (χ4n) is 2.76. The molecule has 0 bridgehead atoms. The van der Waals surface area contributed by atoms with Crippen LogP contribution in [0.25, 0.3) is 0 Å². The van der Waals surface area contributed by atoms with Crippen molar-refractivity contribution in [1.29, 1.82) is 5.26 Å². The molecule has 23 heavy (non-hydrogen) atoms. The van der Waals surface area contributed by atoms with Gasteiger partial charge in [0.05, 0.1) is 18.2 Å². The zero-order valence-corrected chi connectivity index (χ0v) is 12.9. The van der Waals surface area contributed by atoms with Gasteiger partial charge < -0.3 is 14.8 Å². The Morgan fingerprint density at radius 2 is 2.30 bits per heavy atom. The van der Waals surface area contributed by atoms with Gasteiger partial charge in [-0.3, -0.25) is 4.79 Å². The van der Waals surface area contributed by atoms with Crippen molar-refractivity contribution >= 4 is 11.6 Å². The molecule has 1 unspecified atom stereocenters. The summed E-state index contributed by atoms with van der Waals surface area (Å²) in [6, 6.07) is 5.71. The Bertz CT molecular complexity index is 730. The Labute approximate surface area is 134 Å². The normalized spacial score (nSPS) is 17.6. The molecule has 1 aliphatic rings. The van der Waals surface area contributed by atoms with Crippen LogP contribution in [0.1, 0.15) is 29.0 Å². The molecule has 1 fully saturated rings. The maximum Gasteiger partial charge on any atom is 0.271 e. The van der Waals surface area contributed by atoms with Crippen molar-refractivity contribution in [2.24, 2.45) is 7.05 Å². The van der Waals surface area contributed by atoms with E-state index in [1.807, 2.05) is 19.2 Å². The number of nitrogens with one attached hydrogen (secondary N) is 1. The second-order valence-corrected chi connectivity index (χ2v) is 5.70. The third kappa shape index (κ3) is 3.48. The molecule has 0 aliphatic carbocycles. The summed E-state index contributed by atoms with van der Waals surface area (Å²) < 4.78 is 1.75. The van der Waals surface area contributed by atoms with Gasteiger partial charge in [0.25, 0.3) is 5.91 Å². The summed E-state index contributed by atoms with van der Waals surface area (Å²) in [5.41, 5.74) is 1.82. The van der Waals surface area contributed by atoms with E-state index in [9.17, 15) is 4.79 Å². The predicted octanol–water partition coefficient (Wildman–Crippen LogP) is 1.09. The van der Waals surface area contributed by atoms with Gasteiger partial charge in [-0.05, 0) is 25.0 Å². The number of amides is 1. The van der Waals surface area contributed by atoms with Crippen LogP contribution in [0.5, 0.6) is 0 Å². The van der Waals surface area contributed by atoms with Gasteiger partial charge in [-0.2, -0.15) is 5.26 Å². The number of anilines is 1. The van der Waals surface area contributed by atoms with Crippen LogP contribution in [0.15, 0.2) is 30.9 Å². The number of hydrogen-bond acceptors (Lipinski definition) is 5. The molecule has 0 aromatic carbocycles. The zero-order chi connectivity index (χ0) is 16.2. The molecule has 118 valence electrons. The van der Waals surface area contributed by atoms with Crippen molar-refractivity contribution in [1.82, 2.24) is 19.9 Å². The fourth-order valence-corrected chi connectivity index (χ4v) is 2.76. The van der Waals surface area contributed by atoms with E-state index < -0.39 is 0 Å². The summed E-state index contributed by atoms with van der Waals surface area (Å²) in [4.78, 5) is 22.6. The van der Waals surface area contributed by atoms with E-state index in [2.05, 4.69) is 20.2 Å². The highest BCUT2D eigenvalue weighted by Crippen LogP contribution is 2.19. The molecule has 1 saturated heterocycles. The SMILES string of the molecule is Cn1cnc(C(=O)NC2CCCN(c3ccc(C#N)nc3)C2)c1. The summed E-state index contributed by atoms with van der Waals surface area (Å²) in [6.07, 6.45) is 6.97. The lowest BCUT2D eigenvalue weighted by molar-refractivity contribution is 0.0928. The number of pyridine rings is 1. The molecule has 1 amide bonds. The summed E-state index contributed by atoms with van der Waals surface area (Å²) >= 11 is 0. The number of aryl methyl sites for hydroxylation is 1. The highest BCUT2D eigenvalue weighted by Gasteiger charge is 2.23. The van der Waals surface area contributed by atoms with Crippen molar-refractivity contribution in [3.05, 3.63) is 42.2 Å². The van der Waals surface area contributed by atoms with Crippen molar-refractivity contribution in [3.63, 3.8) is 0 Å². The van der Waals surface area contributed by atoms with Gasteiger partial charge in [-0.15, -0.1) is 0 Å². The Kier molecular flexibility index (Phi) is 4.24. The molecule has 2 aromatic rings. The molecular formula is C16H18N6O. The first kappa shape index (κ1) is 15.0. The van der Waals surface area contributed by atoms with Crippen LogP contribution in [-0.4, -0.2) is 39.6 Å². The lowest BCUT2D eigenvalue weighted by atomic mass is 10.0. The Balaban J connectivity index is 1.63. The average molecular weight is 310 g/mol. The number of nitriles is 1. The fraction of sp³-hybridized carbons (Fsp3) is 0.375. The third-order valence-electron chi connectivity index (χ3n) is 3.92. The smallest absolute Gasteiger partial charge is 0.271 e. The lowest BCUT2D eigenvalue weighted by Crippen LogP contribution is -2.48. The number of rotatable bonds is 3. The first-order chi connectivity index (χ1) is 11.2. The highest BCUT2D eigenvalue weighted by atomic mass is 16.2. The second kappa shape index (κ2) is 6.48. The molecule has 3 rings (SSSR count). The number of carbonyl (C=O) groups excluding carboxylic acids is 1. The minimum Gasteiger partial charge on any atom is -0.368 e. The minimum atomic E-state index is -0.143. The van der Waals surface area contributed by atoms with E-state index in [0.717, 1.165) is 31.6 Å². The van der Waals surface area contributed by atoms with E-state index >= 15 is 0 Å². The molecule has 2 aromatic heterocycles.